The number of carboxylic acids is 1. The molecule has 8 nitrogen and oxygen atoms in total. The van der Waals surface area contributed by atoms with Gasteiger partial charge >= 0.3 is 5.97 Å². The average Bonchev–Trinajstić information content (AvgIpc) is 2.50. The summed E-state index contributed by atoms with van der Waals surface area (Å²) in [4.78, 5) is 32.5. The first-order chi connectivity index (χ1) is 10.4. The summed E-state index contributed by atoms with van der Waals surface area (Å²) in [6, 6.07) is 2.10. The van der Waals surface area contributed by atoms with Crippen LogP contribution in [0, 0.1) is 10.1 Å². The molecule has 1 atom stereocenters. The zero-order valence-corrected chi connectivity index (χ0v) is 12.3. The maximum absolute atomic E-state index is 11.2. The lowest BCUT2D eigenvalue weighted by Crippen LogP contribution is -2.27. The zero-order chi connectivity index (χ0) is 16.7. The van der Waals surface area contributed by atoms with Crippen LogP contribution >= 0.6 is 0 Å². The van der Waals surface area contributed by atoms with Crippen molar-refractivity contribution in [3.63, 3.8) is 0 Å². The SMILES string of the molecule is CCCCC(Oc1c(C=O)cc([N+](=O)[O-])cc1OC)C(=O)O. The molecule has 1 rings (SSSR count). The Morgan fingerprint density at radius 3 is 2.64 bits per heavy atom. The molecule has 0 amide bonds. The number of non-ortho nitro benzene ring substituents is 1. The normalized spacial score (nSPS) is 11.5. The second-order valence-corrected chi connectivity index (χ2v) is 4.53. The molecule has 120 valence electrons. The molecular weight excluding hydrogens is 294 g/mol. The highest BCUT2D eigenvalue weighted by atomic mass is 16.6. The minimum Gasteiger partial charge on any atom is -0.493 e. The van der Waals surface area contributed by atoms with E-state index in [0.717, 1.165) is 18.6 Å². The van der Waals surface area contributed by atoms with Gasteiger partial charge in [0.25, 0.3) is 5.69 Å². The van der Waals surface area contributed by atoms with E-state index in [1.807, 2.05) is 6.92 Å². The molecule has 0 saturated heterocycles. The highest BCUT2D eigenvalue weighted by molar-refractivity contribution is 5.83. The highest BCUT2D eigenvalue weighted by Crippen LogP contribution is 2.36. The summed E-state index contributed by atoms with van der Waals surface area (Å²) in [5.74, 6) is -1.34. The third-order valence-electron chi connectivity index (χ3n) is 2.98. The van der Waals surface area contributed by atoms with Crippen molar-refractivity contribution < 1.29 is 29.1 Å². The summed E-state index contributed by atoms with van der Waals surface area (Å²) < 4.78 is 10.4. The number of carboxylic acid groups (broad SMARTS) is 1. The molecule has 1 aromatic carbocycles. The lowest BCUT2D eigenvalue weighted by molar-refractivity contribution is -0.385. The molecule has 0 radical (unpaired) electrons. The standard InChI is InChI=1S/C14H17NO7/c1-3-4-5-11(14(17)18)22-13-9(8-16)6-10(15(19)20)7-12(13)21-2/h6-8,11H,3-5H2,1-2H3,(H,17,18). The van der Waals surface area contributed by atoms with Gasteiger partial charge in [0.1, 0.15) is 0 Å². The van der Waals surface area contributed by atoms with Gasteiger partial charge in [0, 0.05) is 6.07 Å². The number of aldehydes is 1. The maximum Gasteiger partial charge on any atom is 0.344 e. The quantitative estimate of drug-likeness (QED) is 0.423. The molecule has 1 unspecified atom stereocenters. The zero-order valence-electron chi connectivity index (χ0n) is 12.3. The number of carbonyl (C=O) groups is 2. The van der Waals surface area contributed by atoms with E-state index in [2.05, 4.69) is 0 Å². The Bertz CT molecular complexity index is 571. The first-order valence-corrected chi connectivity index (χ1v) is 6.65. The van der Waals surface area contributed by atoms with E-state index in [4.69, 9.17) is 14.6 Å². The van der Waals surface area contributed by atoms with Crippen molar-refractivity contribution in [2.24, 2.45) is 0 Å². The van der Waals surface area contributed by atoms with Crippen LogP contribution in [0.2, 0.25) is 0 Å². The number of nitro groups is 1. The number of nitro benzene ring substituents is 1. The van der Waals surface area contributed by atoms with Crippen LogP contribution in [-0.2, 0) is 4.79 Å². The first kappa shape index (κ1) is 17.4. The van der Waals surface area contributed by atoms with E-state index in [-0.39, 0.29) is 29.2 Å². The second-order valence-electron chi connectivity index (χ2n) is 4.53. The number of carbonyl (C=O) groups excluding carboxylic acids is 1. The molecule has 0 aliphatic heterocycles. The van der Waals surface area contributed by atoms with Gasteiger partial charge < -0.3 is 14.6 Å². The van der Waals surface area contributed by atoms with E-state index in [1.165, 1.54) is 7.11 Å². The van der Waals surface area contributed by atoms with Gasteiger partial charge in [-0.3, -0.25) is 14.9 Å². The molecule has 1 aromatic rings. The summed E-state index contributed by atoms with van der Waals surface area (Å²) in [5, 5.41) is 20.0. The Morgan fingerprint density at radius 1 is 1.50 bits per heavy atom. The fourth-order valence-electron chi connectivity index (χ4n) is 1.84. The van der Waals surface area contributed by atoms with Gasteiger partial charge in [-0.1, -0.05) is 13.3 Å². The lowest BCUT2D eigenvalue weighted by Gasteiger charge is -2.18. The van der Waals surface area contributed by atoms with Gasteiger partial charge in [-0.15, -0.1) is 0 Å². The summed E-state index contributed by atoms with van der Waals surface area (Å²) in [6.07, 6.45) is 0.871. The van der Waals surface area contributed by atoms with Crippen molar-refractivity contribution in [3.05, 3.63) is 27.8 Å². The third-order valence-corrected chi connectivity index (χ3v) is 2.98. The molecule has 0 saturated carbocycles. The number of unbranched alkanes of at least 4 members (excludes halogenated alkanes) is 1. The summed E-state index contributed by atoms with van der Waals surface area (Å²) in [5.41, 5.74) is -0.472. The summed E-state index contributed by atoms with van der Waals surface area (Å²) in [6.45, 7) is 1.90. The summed E-state index contributed by atoms with van der Waals surface area (Å²) in [7, 11) is 1.25. The molecule has 0 aliphatic rings. The van der Waals surface area contributed by atoms with Crippen LogP contribution in [0.3, 0.4) is 0 Å². The predicted octanol–water partition coefficient (Wildman–Crippen LogP) is 2.44. The van der Waals surface area contributed by atoms with E-state index in [9.17, 15) is 19.7 Å². The smallest absolute Gasteiger partial charge is 0.344 e. The Labute approximate surface area is 126 Å². The van der Waals surface area contributed by atoms with Gasteiger partial charge in [0.2, 0.25) is 0 Å². The fraction of sp³-hybridized carbons (Fsp3) is 0.429. The van der Waals surface area contributed by atoms with Crippen molar-refractivity contribution >= 4 is 17.9 Å². The van der Waals surface area contributed by atoms with Gasteiger partial charge in [-0.2, -0.15) is 0 Å². The monoisotopic (exact) mass is 311 g/mol. The van der Waals surface area contributed by atoms with Crippen molar-refractivity contribution in [2.75, 3.05) is 7.11 Å². The Kier molecular flexibility index (Phi) is 6.30. The van der Waals surface area contributed by atoms with Crippen LogP contribution in [-0.4, -0.2) is 35.5 Å². The predicted molar refractivity (Wildman–Crippen MR) is 76.6 cm³/mol. The van der Waals surface area contributed by atoms with E-state index in [1.54, 1.807) is 0 Å². The molecular formula is C14H17NO7. The van der Waals surface area contributed by atoms with Crippen LogP contribution in [0.5, 0.6) is 11.5 Å². The molecule has 0 spiro atoms. The van der Waals surface area contributed by atoms with Gasteiger partial charge in [0.15, 0.2) is 23.9 Å². The van der Waals surface area contributed by atoms with Crippen molar-refractivity contribution in [3.8, 4) is 11.5 Å². The number of aliphatic carboxylic acids is 1. The molecule has 0 aromatic heterocycles. The number of methoxy groups -OCH3 is 1. The van der Waals surface area contributed by atoms with Crippen molar-refractivity contribution in [1.82, 2.24) is 0 Å². The Balaban J connectivity index is 3.23. The number of ether oxygens (including phenoxy) is 2. The molecule has 0 aliphatic carbocycles. The maximum atomic E-state index is 11.2. The van der Waals surface area contributed by atoms with Gasteiger partial charge in [-0.25, -0.2) is 4.79 Å². The third kappa shape index (κ3) is 4.18. The first-order valence-electron chi connectivity index (χ1n) is 6.65. The molecule has 22 heavy (non-hydrogen) atoms. The van der Waals surface area contributed by atoms with Crippen LogP contribution in [0.4, 0.5) is 5.69 Å². The second kappa shape index (κ2) is 7.96. The molecule has 0 bridgehead atoms. The van der Waals surface area contributed by atoms with E-state index >= 15 is 0 Å². The number of benzene rings is 1. The largest absolute Gasteiger partial charge is 0.493 e. The van der Waals surface area contributed by atoms with Crippen LogP contribution < -0.4 is 9.47 Å². The minimum atomic E-state index is -1.18. The molecule has 8 heteroatoms. The molecule has 0 fully saturated rings. The Morgan fingerprint density at radius 2 is 2.18 bits per heavy atom. The molecule has 1 N–H and O–H groups in total. The van der Waals surface area contributed by atoms with Crippen molar-refractivity contribution in [2.45, 2.75) is 32.3 Å². The highest BCUT2D eigenvalue weighted by Gasteiger charge is 2.25. The van der Waals surface area contributed by atoms with Crippen LogP contribution in [0.15, 0.2) is 12.1 Å². The Hall–Kier alpha value is -2.64. The number of rotatable bonds is 9. The van der Waals surface area contributed by atoms with Crippen LogP contribution in [0.25, 0.3) is 0 Å². The molecule has 0 heterocycles. The van der Waals surface area contributed by atoms with Gasteiger partial charge in [-0.05, 0) is 12.8 Å². The van der Waals surface area contributed by atoms with Gasteiger partial charge in [0.05, 0.1) is 23.7 Å². The van der Waals surface area contributed by atoms with Crippen molar-refractivity contribution in [1.29, 1.82) is 0 Å². The lowest BCUT2D eigenvalue weighted by atomic mass is 10.1. The summed E-state index contributed by atoms with van der Waals surface area (Å²) >= 11 is 0. The number of hydrogen-bond donors (Lipinski definition) is 1. The van der Waals surface area contributed by atoms with E-state index < -0.39 is 17.0 Å². The minimum absolute atomic E-state index is 0.0564. The fourth-order valence-corrected chi connectivity index (χ4v) is 1.84. The number of hydrogen-bond acceptors (Lipinski definition) is 6. The van der Waals surface area contributed by atoms with E-state index in [0.29, 0.717) is 12.7 Å². The number of nitrogens with zero attached hydrogens (tertiary/aromatic N) is 1. The topological polar surface area (TPSA) is 116 Å². The van der Waals surface area contributed by atoms with Crippen LogP contribution in [0.1, 0.15) is 36.5 Å². The average molecular weight is 311 g/mol.